The molecule has 3 aromatic heterocycles. The molecule has 0 saturated carbocycles. The van der Waals surface area contributed by atoms with Crippen molar-refractivity contribution in [3.05, 3.63) is 41.0 Å². The van der Waals surface area contributed by atoms with Crippen molar-refractivity contribution < 1.29 is 0 Å². The van der Waals surface area contributed by atoms with E-state index in [4.69, 9.17) is 5.84 Å². The fraction of sp³-hybridized carbons (Fsp3) is 0.214. The topological polar surface area (TPSA) is 88.8 Å². The lowest BCUT2D eigenvalue weighted by Crippen LogP contribution is -2.13. The van der Waals surface area contributed by atoms with Gasteiger partial charge in [0, 0.05) is 17.3 Å². The highest BCUT2D eigenvalue weighted by atomic mass is 32.1. The normalized spacial score (nSPS) is 12.3. The maximum Gasteiger partial charge on any atom is 0.240 e. The van der Waals surface area contributed by atoms with E-state index < -0.39 is 0 Å². The summed E-state index contributed by atoms with van der Waals surface area (Å²) in [5.74, 6) is 6.64. The molecule has 6 nitrogen and oxygen atoms in total. The van der Waals surface area contributed by atoms with Gasteiger partial charge in [-0.2, -0.15) is 4.98 Å². The lowest BCUT2D eigenvalue weighted by molar-refractivity contribution is 0.872. The van der Waals surface area contributed by atoms with E-state index in [1.54, 1.807) is 23.7 Å². The maximum atomic E-state index is 5.45. The Balaban J connectivity index is 1.99. The third-order valence-corrected chi connectivity index (χ3v) is 4.15. The molecule has 0 bridgehead atoms. The Labute approximate surface area is 126 Å². The van der Waals surface area contributed by atoms with E-state index in [0.29, 0.717) is 5.95 Å². The van der Waals surface area contributed by atoms with Crippen molar-refractivity contribution >= 4 is 33.3 Å². The van der Waals surface area contributed by atoms with Crippen LogP contribution in [0.3, 0.4) is 0 Å². The minimum atomic E-state index is 0.108. The van der Waals surface area contributed by atoms with Gasteiger partial charge in [-0.1, -0.05) is 0 Å². The number of nitrogens with two attached hydrogens (primary N) is 1. The number of nitrogens with zero attached hydrogens (tertiary/aromatic N) is 3. The van der Waals surface area contributed by atoms with Gasteiger partial charge in [0.1, 0.15) is 10.6 Å². The largest absolute Gasteiger partial charge is 0.363 e. The fourth-order valence-corrected chi connectivity index (χ4v) is 3.04. The van der Waals surface area contributed by atoms with E-state index in [-0.39, 0.29) is 6.04 Å². The molecule has 4 N–H and O–H groups in total. The molecule has 108 valence electrons. The first-order valence-corrected chi connectivity index (χ1v) is 7.40. The smallest absolute Gasteiger partial charge is 0.240 e. The number of hydrogen-bond donors (Lipinski definition) is 3. The quantitative estimate of drug-likeness (QED) is 0.507. The van der Waals surface area contributed by atoms with Crippen LogP contribution in [0.2, 0.25) is 0 Å². The SMILES string of the molecule is Cc1cc2c(NC(C)c3ccncc3)nc(NN)nc2s1. The first-order valence-electron chi connectivity index (χ1n) is 6.58. The van der Waals surface area contributed by atoms with Crippen molar-refractivity contribution in [2.24, 2.45) is 5.84 Å². The predicted molar refractivity (Wildman–Crippen MR) is 86.2 cm³/mol. The molecule has 0 spiro atoms. The fourth-order valence-electron chi connectivity index (χ4n) is 2.16. The summed E-state index contributed by atoms with van der Waals surface area (Å²) in [5.41, 5.74) is 3.66. The van der Waals surface area contributed by atoms with E-state index in [1.165, 1.54) is 4.88 Å². The third-order valence-electron chi connectivity index (χ3n) is 3.20. The number of hydrazine groups is 1. The van der Waals surface area contributed by atoms with Crippen LogP contribution < -0.4 is 16.6 Å². The average Bonchev–Trinajstić information content (AvgIpc) is 2.88. The zero-order valence-electron chi connectivity index (χ0n) is 11.8. The Kier molecular flexibility index (Phi) is 3.68. The van der Waals surface area contributed by atoms with Gasteiger partial charge in [0.05, 0.1) is 11.4 Å². The number of pyridine rings is 1. The molecule has 0 radical (unpaired) electrons. The highest BCUT2D eigenvalue weighted by Crippen LogP contribution is 2.31. The number of nitrogen functional groups attached to an aromatic ring is 1. The molecule has 21 heavy (non-hydrogen) atoms. The molecule has 1 unspecified atom stereocenters. The molecule has 0 aliphatic rings. The lowest BCUT2D eigenvalue weighted by atomic mass is 10.1. The standard InChI is InChI=1S/C14H16N6S/c1-8-7-11-12(18-14(20-15)19-13(11)21-8)17-9(2)10-3-5-16-6-4-10/h3-7,9H,15H2,1-2H3,(H2,17,18,19,20). The Bertz CT molecular complexity index is 755. The van der Waals surface area contributed by atoms with Gasteiger partial charge in [-0.15, -0.1) is 11.3 Å². The van der Waals surface area contributed by atoms with Crippen molar-refractivity contribution in [2.75, 3.05) is 10.7 Å². The van der Waals surface area contributed by atoms with Crippen LogP contribution in [0, 0.1) is 6.92 Å². The van der Waals surface area contributed by atoms with Gasteiger partial charge in [0.25, 0.3) is 0 Å². The molecule has 0 aromatic carbocycles. The summed E-state index contributed by atoms with van der Waals surface area (Å²) >= 11 is 1.62. The number of nitrogens with one attached hydrogen (secondary N) is 2. The molecule has 0 aliphatic heterocycles. The summed E-state index contributed by atoms with van der Waals surface area (Å²) in [6.07, 6.45) is 3.56. The van der Waals surface area contributed by atoms with Crippen molar-refractivity contribution in [3.63, 3.8) is 0 Å². The van der Waals surface area contributed by atoms with Crippen molar-refractivity contribution in [3.8, 4) is 0 Å². The van der Waals surface area contributed by atoms with Crippen molar-refractivity contribution in [1.82, 2.24) is 15.0 Å². The molecule has 0 fully saturated rings. The Morgan fingerprint density at radius 3 is 2.71 bits per heavy atom. The predicted octanol–water partition coefficient (Wildman–Crippen LogP) is 2.85. The van der Waals surface area contributed by atoms with Crippen molar-refractivity contribution in [1.29, 1.82) is 0 Å². The second-order valence-corrected chi connectivity index (χ2v) is 6.00. The van der Waals surface area contributed by atoms with Crippen LogP contribution in [-0.2, 0) is 0 Å². The van der Waals surface area contributed by atoms with Crippen LogP contribution in [0.1, 0.15) is 23.4 Å². The number of thiophene rings is 1. The molecule has 3 rings (SSSR count). The van der Waals surface area contributed by atoms with E-state index >= 15 is 0 Å². The minimum Gasteiger partial charge on any atom is -0.363 e. The minimum absolute atomic E-state index is 0.108. The van der Waals surface area contributed by atoms with Gasteiger partial charge in [0.2, 0.25) is 5.95 Å². The van der Waals surface area contributed by atoms with Gasteiger partial charge in [-0.05, 0) is 37.6 Å². The summed E-state index contributed by atoms with van der Waals surface area (Å²) in [6, 6.07) is 6.16. The van der Waals surface area contributed by atoms with Crippen LogP contribution >= 0.6 is 11.3 Å². The molecule has 0 amide bonds. The van der Waals surface area contributed by atoms with Crippen LogP contribution in [0.5, 0.6) is 0 Å². The van der Waals surface area contributed by atoms with Gasteiger partial charge in [-0.3, -0.25) is 10.4 Å². The molecule has 1 atom stereocenters. The number of aromatic nitrogens is 3. The van der Waals surface area contributed by atoms with Gasteiger partial charge < -0.3 is 5.32 Å². The van der Waals surface area contributed by atoms with Gasteiger partial charge in [0.15, 0.2) is 0 Å². The second-order valence-electron chi connectivity index (χ2n) is 4.76. The van der Waals surface area contributed by atoms with Crippen molar-refractivity contribution in [2.45, 2.75) is 19.9 Å². The first kappa shape index (κ1) is 13.7. The highest BCUT2D eigenvalue weighted by Gasteiger charge is 2.13. The molecule has 0 saturated heterocycles. The number of hydrogen-bond acceptors (Lipinski definition) is 7. The summed E-state index contributed by atoms with van der Waals surface area (Å²) in [7, 11) is 0. The zero-order chi connectivity index (χ0) is 14.8. The number of fused-ring (bicyclic) bond motifs is 1. The summed E-state index contributed by atoms with van der Waals surface area (Å²) in [6.45, 7) is 4.13. The average molecular weight is 300 g/mol. The Morgan fingerprint density at radius 2 is 2.00 bits per heavy atom. The number of aryl methyl sites for hydroxylation is 1. The third kappa shape index (κ3) is 2.79. The maximum absolute atomic E-state index is 5.45. The van der Waals surface area contributed by atoms with E-state index in [2.05, 4.69) is 45.6 Å². The molecule has 0 aliphatic carbocycles. The first-order chi connectivity index (χ1) is 10.2. The van der Waals surface area contributed by atoms with Crippen LogP contribution in [0.4, 0.5) is 11.8 Å². The Hall–Kier alpha value is -2.25. The Morgan fingerprint density at radius 1 is 1.24 bits per heavy atom. The van der Waals surface area contributed by atoms with Gasteiger partial charge >= 0.3 is 0 Å². The highest BCUT2D eigenvalue weighted by molar-refractivity contribution is 7.18. The second kappa shape index (κ2) is 5.63. The number of anilines is 2. The monoisotopic (exact) mass is 300 g/mol. The summed E-state index contributed by atoms with van der Waals surface area (Å²) in [5, 5.41) is 4.43. The van der Waals surface area contributed by atoms with Crippen LogP contribution in [0.25, 0.3) is 10.2 Å². The summed E-state index contributed by atoms with van der Waals surface area (Å²) in [4.78, 5) is 14.9. The van der Waals surface area contributed by atoms with Crippen LogP contribution in [0.15, 0.2) is 30.6 Å². The zero-order valence-corrected chi connectivity index (χ0v) is 12.6. The van der Waals surface area contributed by atoms with Gasteiger partial charge in [-0.25, -0.2) is 10.8 Å². The van der Waals surface area contributed by atoms with E-state index in [9.17, 15) is 0 Å². The van der Waals surface area contributed by atoms with Crippen LogP contribution in [-0.4, -0.2) is 15.0 Å². The summed E-state index contributed by atoms with van der Waals surface area (Å²) < 4.78 is 0. The van der Waals surface area contributed by atoms with E-state index in [0.717, 1.165) is 21.6 Å². The molecule has 3 heterocycles. The lowest BCUT2D eigenvalue weighted by Gasteiger charge is -2.15. The molecule has 3 aromatic rings. The molecular formula is C14H16N6S. The van der Waals surface area contributed by atoms with E-state index in [1.807, 2.05) is 12.1 Å². The molecular weight excluding hydrogens is 284 g/mol. The molecule has 7 heteroatoms. The number of rotatable bonds is 4.